The lowest BCUT2D eigenvalue weighted by atomic mass is 10.1. The molecule has 1 aromatic carbocycles. The number of hydrogen-bond donors (Lipinski definition) is 1. The van der Waals surface area contributed by atoms with Crippen molar-refractivity contribution in [1.29, 1.82) is 0 Å². The summed E-state index contributed by atoms with van der Waals surface area (Å²) in [5.74, 6) is 0.879. The van der Waals surface area contributed by atoms with Crippen molar-refractivity contribution in [2.75, 3.05) is 7.11 Å². The van der Waals surface area contributed by atoms with Crippen LogP contribution in [0.4, 0.5) is 0 Å². The number of hydrogen-bond acceptors (Lipinski definition) is 5. The smallest absolute Gasteiger partial charge is 0.150 e. The Balaban J connectivity index is 2.29. The Morgan fingerprint density at radius 1 is 1.39 bits per heavy atom. The van der Waals surface area contributed by atoms with Gasteiger partial charge in [0.05, 0.1) is 12.4 Å². The van der Waals surface area contributed by atoms with Crippen molar-refractivity contribution < 1.29 is 4.74 Å². The van der Waals surface area contributed by atoms with Crippen molar-refractivity contribution in [3.63, 3.8) is 0 Å². The third kappa shape index (κ3) is 3.04. The Bertz CT molecular complexity index is 485. The fourth-order valence-electron chi connectivity index (χ4n) is 1.73. The summed E-state index contributed by atoms with van der Waals surface area (Å²) in [6.07, 6.45) is 1.81. The van der Waals surface area contributed by atoms with Gasteiger partial charge in [0.25, 0.3) is 0 Å². The lowest BCUT2D eigenvalue weighted by Gasteiger charge is -2.21. The molecule has 2 atom stereocenters. The van der Waals surface area contributed by atoms with E-state index in [1.807, 2.05) is 36.7 Å². The van der Waals surface area contributed by atoms with Gasteiger partial charge < -0.3 is 10.5 Å². The van der Waals surface area contributed by atoms with Gasteiger partial charge in [-0.05, 0) is 13.0 Å². The zero-order valence-corrected chi connectivity index (χ0v) is 12.0. The summed E-state index contributed by atoms with van der Waals surface area (Å²) in [4.78, 5) is 4.30. The predicted octanol–water partition coefficient (Wildman–Crippen LogP) is 3.33. The molecule has 0 saturated heterocycles. The van der Waals surface area contributed by atoms with E-state index in [0.29, 0.717) is 0 Å². The highest BCUT2D eigenvalue weighted by atomic mass is 32.2. The molecule has 18 heavy (non-hydrogen) atoms. The molecule has 0 aliphatic rings. The van der Waals surface area contributed by atoms with Crippen LogP contribution in [0, 0.1) is 0 Å². The maximum absolute atomic E-state index is 6.11. The van der Waals surface area contributed by atoms with Crippen LogP contribution in [0.15, 0.2) is 40.2 Å². The number of thiazole rings is 1. The van der Waals surface area contributed by atoms with E-state index in [-0.39, 0.29) is 11.3 Å². The Morgan fingerprint density at radius 3 is 2.78 bits per heavy atom. The Morgan fingerprint density at radius 2 is 2.17 bits per heavy atom. The molecule has 0 aliphatic heterocycles. The number of rotatable bonds is 5. The second-order valence-corrected chi connectivity index (χ2v) is 6.22. The molecule has 2 unspecified atom stereocenters. The monoisotopic (exact) mass is 280 g/mol. The van der Waals surface area contributed by atoms with E-state index < -0.39 is 0 Å². The number of nitrogens with two attached hydrogens (primary N) is 1. The van der Waals surface area contributed by atoms with Gasteiger partial charge in [0.15, 0.2) is 0 Å². The van der Waals surface area contributed by atoms with Crippen molar-refractivity contribution in [1.82, 2.24) is 4.98 Å². The van der Waals surface area contributed by atoms with Crippen molar-refractivity contribution in [2.24, 2.45) is 5.73 Å². The van der Waals surface area contributed by atoms with E-state index in [4.69, 9.17) is 10.5 Å². The molecule has 0 aliphatic carbocycles. The van der Waals surface area contributed by atoms with Gasteiger partial charge in [-0.25, -0.2) is 4.98 Å². The van der Waals surface area contributed by atoms with E-state index in [2.05, 4.69) is 11.1 Å². The lowest BCUT2D eigenvalue weighted by Crippen LogP contribution is -2.23. The number of benzene rings is 1. The summed E-state index contributed by atoms with van der Waals surface area (Å²) in [6.45, 7) is 2.01. The van der Waals surface area contributed by atoms with Crippen molar-refractivity contribution >= 4 is 23.1 Å². The molecule has 5 heteroatoms. The number of para-hydroxylation sites is 1. The molecule has 1 heterocycles. The van der Waals surface area contributed by atoms with Gasteiger partial charge in [-0.2, -0.15) is 0 Å². The van der Waals surface area contributed by atoms with Crippen LogP contribution in [0.1, 0.15) is 17.7 Å². The molecule has 1 aromatic heterocycles. The molecule has 0 saturated carbocycles. The molecule has 0 fully saturated rings. The first-order valence-electron chi connectivity index (χ1n) is 5.67. The van der Waals surface area contributed by atoms with Crippen LogP contribution >= 0.6 is 23.1 Å². The normalized spacial score (nSPS) is 14.2. The predicted molar refractivity (Wildman–Crippen MR) is 77.4 cm³/mol. The summed E-state index contributed by atoms with van der Waals surface area (Å²) in [7, 11) is 1.69. The van der Waals surface area contributed by atoms with Crippen LogP contribution in [-0.4, -0.2) is 18.1 Å². The first kappa shape index (κ1) is 13.4. The second-order valence-electron chi connectivity index (χ2n) is 3.94. The van der Waals surface area contributed by atoms with Crippen LogP contribution < -0.4 is 10.5 Å². The number of thioether (sulfide) groups is 1. The summed E-state index contributed by atoms with van der Waals surface area (Å²) in [5, 5.41) is 2.12. The zero-order valence-electron chi connectivity index (χ0n) is 10.4. The fourth-order valence-corrected chi connectivity index (χ4v) is 3.67. The van der Waals surface area contributed by atoms with Gasteiger partial charge in [-0.3, -0.25) is 0 Å². The second kappa shape index (κ2) is 6.22. The van der Waals surface area contributed by atoms with Crippen LogP contribution in [0.25, 0.3) is 0 Å². The van der Waals surface area contributed by atoms with Crippen molar-refractivity contribution in [2.45, 2.75) is 22.6 Å². The minimum Gasteiger partial charge on any atom is -0.496 e. The number of methoxy groups -OCH3 is 1. The zero-order chi connectivity index (χ0) is 13.0. The Labute approximate surface area is 115 Å². The van der Waals surface area contributed by atoms with Crippen molar-refractivity contribution in [3.8, 4) is 5.75 Å². The standard InChI is InChI=1S/C13H16N2OS2/c1-9(14)12(18-13-15-7-8-17-13)10-5-3-4-6-11(10)16-2/h3-9,12H,14H2,1-2H3. The summed E-state index contributed by atoms with van der Waals surface area (Å²) < 4.78 is 6.44. The first-order valence-corrected chi connectivity index (χ1v) is 7.43. The third-order valence-corrected chi connectivity index (χ3v) is 4.95. The van der Waals surface area contributed by atoms with E-state index >= 15 is 0 Å². The van der Waals surface area contributed by atoms with Gasteiger partial charge in [0.1, 0.15) is 10.1 Å². The average Bonchev–Trinajstić information content (AvgIpc) is 2.88. The van der Waals surface area contributed by atoms with Gasteiger partial charge in [-0.15, -0.1) is 11.3 Å². The fraction of sp³-hybridized carbons (Fsp3) is 0.308. The Kier molecular flexibility index (Phi) is 4.63. The third-order valence-electron chi connectivity index (χ3n) is 2.56. The molecule has 0 radical (unpaired) electrons. The van der Waals surface area contributed by atoms with E-state index in [0.717, 1.165) is 15.7 Å². The minimum atomic E-state index is 0.0233. The van der Waals surface area contributed by atoms with Gasteiger partial charge in [-0.1, -0.05) is 30.0 Å². The van der Waals surface area contributed by atoms with Gasteiger partial charge in [0.2, 0.25) is 0 Å². The molecule has 96 valence electrons. The van der Waals surface area contributed by atoms with E-state index in [1.165, 1.54) is 0 Å². The maximum Gasteiger partial charge on any atom is 0.150 e. The van der Waals surface area contributed by atoms with E-state index in [9.17, 15) is 0 Å². The number of aromatic nitrogens is 1. The first-order chi connectivity index (χ1) is 8.72. The molecule has 3 nitrogen and oxygen atoms in total. The molecular formula is C13H16N2OS2. The van der Waals surface area contributed by atoms with Gasteiger partial charge in [0, 0.05) is 23.2 Å². The van der Waals surface area contributed by atoms with Crippen LogP contribution in [0.2, 0.25) is 0 Å². The highest BCUT2D eigenvalue weighted by Crippen LogP contribution is 2.41. The molecule has 2 rings (SSSR count). The van der Waals surface area contributed by atoms with E-state index in [1.54, 1.807) is 30.2 Å². The molecule has 0 amide bonds. The van der Waals surface area contributed by atoms with Crippen LogP contribution in [0.5, 0.6) is 5.75 Å². The lowest BCUT2D eigenvalue weighted by molar-refractivity contribution is 0.408. The molecular weight excluding hydrogens is 264 g/mol. The summed E-state index contributed by atoms with van der Waals surface area (Å²) >= 11 is 3.32. The maximum atomic E-state index is 6.11. The summed E-state index contributed by atoms with van der Waals surface area (Å²) in [5.41, 5.74) is 7.23. The quantitative estimate of drug-likeness (QED) is 0.853. The molecule has 0 bridgehead atoms. The SMILES string of the molecule is COc1ccccc1C(Sc1nccs1)C(C)N. The number of nitrogens with zero attached hydrogens (tertiary/aromatic N) is 1. The minimum absolute atomic E-state index is 0.0233. The Hall–Kier alpha value is -1.04. The molecule has 0 spiro atoms. The van der Waals surface area contributed by atoms with Crippen molar-refractivity contribution in [3.05, 3.63) is 41.4 Å². The highest BCUT2D eigenvalue weighted by molar-refractivity contribution is 8.01. The highest BCUT2D eigenvalue weighted by Gasteiger charge is 2.22. The summed E-state index contributed by atoms with van der Waals surface area (Å²) in [6, 6.07) is 8.03. The average molecular weight is 280 g/mol. The van der Waals surface area contributed by atoms with Crippen LogP contribution in [0.3, 0.4) is 0 Å². The van der Waals surface area contributed by atoms with Gasteiger partial charge >= 0.3 is 0 Å². The topological polar surface area (TPSA) is 48.1 Å². The molecule has 2 aromatic rings. The number of ether oxygens (including phenoxy) is 1. The van der Waals surface area contributed by atoms with Crippen LogP contribution in [-0.2, 0) is 0 Å². The molecule has 2 N–H and O–H groups in total. The largest absolute Gasteiger partial charge is 0.496 e.